The van der Waals surface area contributed by atoms with Gasteiger partial charge in [0.1, 0.15) is 0 Å². The molecular formula is C22H45N. The summed E-state index contributed by atoms with van der Waals surface area (Å²) < 4.78 is 0. The molecule has 0 spiro atoms. The quantitative estimate of drug-likeness (QED) is 0.534. The van der Waals surface area contributed by atoms with Gasteiger partial charge in [0.15, 0.2) is 0 Å². The fourth-order valence-electron chi connectivity index (χ4n) is 6.05. The molecule has 1 saturated heterocycles. The fourth-order valence-corrected chi connectivity index (χ4v) is 6.05. The molecule has 1 heteroatoms. The largest absolute Gasteiger partial charge is 0.298 e. The standard InChI is InChI=1S/C22H45N/c1-14-15-16(19(2,3)4)17(20(5,6)7)18(21(8,9)10)22(11,12)23(15)13/h15-18H,14H2,1-13H3. The smallest absolute Gasteiger partial charge is 0.0189 e. The predicted octanol–water partition coefficient (Wildman–Crippen LogP) is 6.48. The summed E-state index contributed by atoms with van der Waals surface area (Å²) in [7, 11) is 2.38. The van der Waals surface area contributed by atoms with Gasteiger partial charge >= 0.3 is 0 Å². The minimum Gasteiger partial charge on any atom is -0.298 e. The Balaban J connectivity index is 3.67. The lowest BCUT2D eigenvalue weighted by atomic mass is 9.47. The Hall–Kier alpha value is -0.0400. The molecule has 1 fully saturated rings. The van der Waals surface area contributed by atoms with Crippen LogP contribution in [0.1, 0.15) is 89.5 Å². The average Bonchev–Trinajstić information content (AvgIpc) is 2.26. The van der Waals surface area contributed by atoms with Gasteiger partial charge in [-0.1, -0.05) is 69.2 Å². The van der Waals surface area contributed by atoms with E-state index in [4.69, 9.17) is 0 Å². The molecule has 1 aliphatic rings. The first kappa shape index (κ1) is 21.0. The summed E-state index contributed by atoms with van der Waals surface area (Å²) in [6, 6.07) is 0.660. The Bertz CT molecular complexity index is 399. The molecule has 138 valence electrons. The van der Waals surface area contributed by atoms with Crippen LogP contribution in [0.25, 0.3) is 0 Å². The van der Waals surface area contributed by atoms with Crippen LogP contribution in [0.5, 0.6) is 0 Å². The molecule has 1 nitrogen and oxygen atoms in total. The molecule has 1 heterocycles. The highest BCUT2D eigenvalue weighted by Gasteiger charge is 2.59. The van der Waals surface area contributed by atoms with Crippen molar-refractivity contribution in [3.05, 3.63) is 0 Å². The van der Waals surface area contributed by atoms with Crippen LogP contribution in [-0.4, -0.2) is 23.5 Å². The first-order chi connectivity index (χ1) is 9.97. The zero-order valence-corrected chi connectivity index (χ0v) is 18.5. The van der Waals surface area contributed by atoms with Crippen LogP contribution in [-0.2, 0) is 0 Å². The van der Waals surface area contributed by atoms with E-state index in [0.717, 1.165) is 11.8 Å². The van der Waals surface area contributed by atoms with Crippen molar-refractivity contribution in [1.82, 2.24) is 4.90 Å². The molecule has 1 aliphatic heterocycles. The molecule has 0 radical (unpaired) electrons. The van der Waals surface area contributed by atoms with Crippen LogP contribution in [0.4, 0.5) is 0 Å². The number of rotatable bonds is 1. The van der Waals surface area contributed by atoms with Crippen molar-refractivity contribution in [1.29, 1.82) is 0 Å². The van der Waals surface area contributed by atoms with Crippen LogP contribution in [0.3, 0.4) is 0 Å². The Kier molecular flexibility index (Phi) is 5.52. The lowest BCUT2D eigenvalue weighted by Crippen LogP contribution is -2.69. The third-order valence-electron chi connectivity index (χ3n) is 6.68. The molecule has 0 bridgehead atoms. The first-order valence-electron chi connectivity index (χ1n) is 9.70. The van der Waals surface area contributed by atoms with Gasteiger partial charge in [-0.05, 0) is 61.3 Å². The van der Waals surface area contributed by atoms with Crippen LogP contribution >= 0.6 is 0 Å². The zero-order chi connectivity index (χ0) is 18.6. The molecule has 0 saturated carbocycles. The molecule has 0 amide bonds. The minimum absolute atomic E-state index is 0.221. The number of piperidine rings is 1. The van der Waals surface area contributed by atoms with Crippen molar-refractivity contribution in [2.24, 2.45) is 34.0 Å². The lowest BCUT2D eigenvalue weighted by molar-refractivity contribution is -0.174. The number of hydrogen-bond donors (Lipinski definition) is 0. The van der Waals surface area contributed by atoms with E-state index in [1.165, 1.54) is 6.42 Å². The zero-order valence-electron chi connectivity index (χ0n) is 18.5. The normalized spacial score (nSPS) is 33.8. The van der Waals surface area contributed by atoms with E-state index in [0.29, 0.717) is 28.2 Å². The molecular weight excluding hydrogens is 278 g/mol. The molecule has 0 N–H and O–H groups in total. The summed E-state index contributed by atoms with van der Waals surface area (Å²) in [5.41, 5.74) is 1.17. The first-order valence-corrected chi connectivity index (χ1v) is 9.70. The van der Waals surface area contributed by atoms with Crippen molar-refractivity contribution in [2.75, 3.05) is 7.05 Å². The molecule has 0 aliphatic carbocycles. The van der Waals surface area contributed by atoms with Crippen molar-refractivity contribution in [2.45, 2.75) is 101 Å². The van der Waals surface area contributed by atoms with Crippen molar-refractivity contribution in [3.8, 4) is 0 Å². The van der Waals surface area contributed by atoms with Gasteiger partial charge in [0, 0.05) is 11.6 Å². The van der Waals surface area contributed by atoms with Gasteiger partial charge in [0.2, 0.25) is 0 Å². The van der Waals surface area contributed by atoms with E-state index < -0.39 is 0 Å². The van der Waals surface area contributed by atoms with Gasteiger partial charge in [-0.15, -0.1) is 0 Å². The Morgan fingerprint density at radius 1 is 0.739 bits per heavy atom. The van der Waals surface area contributed by atoms with E-state index in [1.54, 1.807) is 0 Å². The van der Waals surface area contributed by atoms with E-state index in [2.05, 4.69) is 95.0 Å². The van der Waals surface area contributed by atoms with Crippen LogP contribution < -0.4 is 0 Å². The van der Waals surface area contributed by atoms with E-state index >= 15 is 0 Å². The van der Waals surface area contributed by atoms with Crippen LogP contribution in [0.2, 0.25) is 0 Å². The van der Waals surface area contributed by atoms with Gasteiger partial charge in [0.05, 0.1) is 0 Å². The summed E-state index contributed by atoms with van der Waals surface area (Å²) in [4.78, 5) is 2.72. The third-order valence-corrected chi connectivity index (χ3v) is 6.68. The minimum atomic E-state index is 0.221. The van der Waals surface area contributed by atoms with Crippen LogP contribution in [0, 0.1) is 34.0 Å². The maximum absolute atomic E-state index is 2.72. The highest BCUT2D eigenvalue weighted by atomic mass is 15.2. The molecule has 23 heavy (non-hydrogen) atoms. The summed E-state index contributed by atoms with van der Waals surface area (Å²) in [6.07, 6.45) is 1.24. The highest BCUT2D eigenvalue weighted by molar-refractivity contribution is 5.10. The average molecular weight is 324 g/mol. The third kappa shape index (κ3) is 3.80. The van der Waals surface area contributed by atoms with Crippen LogP contribution in [0.15, 0.2) is 0 Å². The highest BCUT2D eigenvalue weighted by Crippen LogP contribution is 2.60. The second-order valence-corrected chi connectivity index (χ2v) is 11.9. The Morgan fingerprint density at radius 2 is 1.13 bits per heavy atom. The maximum atomic E-state index is 2.72. The van der Waals surface area contributed by atoms with Crippen molar-refractivity contribution >= 4 is 0 Å². The Labute approximate surface area is 147 Å². The molecule has 0 aromatic carbocycles. The number of hydrogen-bond acceptors (Lipinski definition) is 1. The Morgan fingerprint density at radius 3 is 1.39 bits per heavy atom. The van der Waals surface area contributed by atoms with Crippen molar-refractivity contribution in [3.63, 3.8) is 0 Å². The maximum Gasteiger partial charge on any atom is 0.0189 e. The van der Waals surface area contributed by atoms with Gasteiger partial charge in [-0.25, -0.2) is 0 Å². The summed E-state index contributed by atoms with van der Waals surface area (Å²) >= 11 is 0. The number of nitrogens with zero attached hydrogens (tertiary/aromatic N) is 1. The molecule has 1 rings (SSSR count). The fraction of sp³-hybridized carbons (Fsp3) is 1.00. The second kappa shape index (κ2) is 6.04. The lowest BCUT2D eigenvalue weighted by Gasteiger charge is -2.66. The van der Waals surface area contributed by atoms with Gasteiger partial charge in [-0.2, -0.15) is 0 Å². The van der Waals surface area contributed by atoms with Gasteiger partial charge in [0.25, 0.3) is 0 Å². The second-order valence-electron chi connectivity index (χ2n) is 11.9. The molecule has 0 aromatic heterocycles. The van der Waals surface area contributed by atoms with Crippen molar-refractivity contribution < 1.29 is 0 Å². The predicted molar refractivity (Wildman–Crippen MR) is 105 cm³/mol. The summed E-state index contributed by atoms with van der Waals surface area (Å²) in [6.45, 7) is 29.5. The summed E-state index contributed by atoms with van der Waals surface area (Å²) in [5.74, 6) is 2.11. The van der Waals surface area contributed by atoms with E-state index in [9.17, 15) is 0 Å². The molecule has 4 unspecified atom stereocenters. The molecule has 0 aromatic rings. The van der Waals surface area contributed by atoms with E-state index in [1.807, 2.05) is 0 Å². The van der Waals surface area contributed by atoms with E-state index in [-0.39, 0.29) is 5.54 Å². The topological polar surface area (TPSA) is 3.24 Å². The summed E-state index contributed by atoms with van der Waals surface area (Å²) in [5, 5.41) is 0. The monoisotopic (exact) mass is 323 g/mol. The van der Waals surface area contributed by atoms with Gasteiger partial charge < -0.3 is 0 Å². The number of likely N-dealkylation sites (tertiary alicyclic amines) is 1. The SMILES string of the molecule is CCC1C(C(C)(C)C)C(C(C)(C)C)C(C(C)(C)C)C(C)(C)N1C. The van der Waals surface area contributed by atoms with Gasteiger partial charge in [-0.3, -0.25) is 4.90 Å². The molecule has 4 atom stereocenters.